The highest BCUT2D eigenvalue weighted by atomic mass is 35.5. The first-order valence-electron chi connectivity index (χ1n) is 4.95. The predicted molar refractivity (Wildman–Crippen MR) is 74.7 cm³/mol. The maximum Gasteiger partial charge on any atom is 0.0770 e. The normalized spacial score (nSPS) is 9.75. The second-order valence-electron chi connectivity index (χ2n) is 3.13. The molecule has 1 aromatic carbocycles. The summed E-state index contributed by atoms with van der Waals surface area (Å²) in [5.41, 5.74) is 1.47. The van der Waals surface area contributed by atoms with Gasteiger partial charge >= 0.3 is 0 Å². The van der Waals surface area contributed by atoms with Gasteiger partial charge in [0.2, 0.25) is 0 Å². The van der Waals surface area contributed by atoms with Gasteiger partial charge in [0.25, 0.3) is 0 Å². The number of isothiocyanates is 1. The summed E-state index contributed by atoms with van der Waals surface area (Å²) in [6.07, 6.45) is 0. The monoisotopic (exact) mass is 274 g/mol. The molecular weight excluding hydrogens is 263 g/mol. The number of rotatable bonds is 4. The smallest absolute Gasteiger partial charge is 0.0770 e. The van der Waals surface area contributed by atoms with E-state index in [0.29, 0.717) is 15.7 Å². The summed E-state index contributed by atoms with van der Waals surface area (Å²) in [4.78, 5) is 5.95. The van der Waals surface area contributed by atoms with E-state index in [2.05, 4.69) is 41.1 Å². The van der Waals surface area contributed by atoms with E-state index >= 15 is 0 Å². The third kappa shape index (κ3) is 2.96. The van der Waals surface area contributed by atoms with Crippen LogP contribution in [0.5, 0.6) is 0 Å². The van der Waals surface area contributed by atoms with Gasteiger partial charge in [0.05, 0.1) is 26.6 Å². The van der Waals surface area contributed by atoms with Crippen molar-refractivity contribution in [1.29, 1.82) is 0 Å². The highest BCUT2D eigenvalue weighted by Crippen LogP contribution is 2.37. The minimum Gasteiger partial charge on any atom is -0.370 e. The molecule has 0 aromatic heterocycles. The lowest BCUT2D eigenvalue weighted by molar-refractivity contribution is 0.866. The van der Waals surface area contributed by atoms with Gasteiger partial charge in [0.15, 0.2) is 0 Å². The molecule has 0 radical (unpaired) electrons. The molecule has 1 rings (SSSR count). The van der Waals surface area contributed by atoms with Crippen molar-refractivity contribution in [3.8, 4) is 0 Å². The van der Waals surface area contributed by atoms with Crippen LogP contribution in [-0.4, -0.2) is 18.3 Å². The fourth-order valence-electron chi connectivity index (χ4n) is 1.51. The highest BCUT2D eigenvalue weighted by Gasteiger charge is 2.12. The van der Waals surface area contributed by atoms with Gasteiger partial charge in [-0.3, -0.25) is 0 Å². The Morgan fingerprint density at radius 2 is 1.75 bits per heavy atom. The van der Waals surface area contributed by atoms with E-state index in [1.54, 1.807) is 12.1 Å². The Bertz CT molecular complexity index is 401. The summed E-state index contributed by atoms with van der Waals surface area (Å²) in [6, 6.07) is 3.47. The number of benzene rings is 1. The number of aliphatic imine (C=N–C) groups is 1. The number of nitrogens with zero attached hydrogens (tertiary/aromatic N) is 2. The first-order chi connectivity index (χ1) is 7.63. The zero-order valence-corrected chi connectivity index (χ0v) is 11.5. The molecule has 0 saturated heterocycles. The Balaban J connectivity index is 3.26. The fourth-order valence-corrected chi connectivity index (χ4v) is 2.33. The largest absolute Gasteiger partial charge is 0.370 e. The van der Waals surface area contributed by atoms with Gasteiger partial charge in [-0.2, -0.15) is 4.99 Å². The molecule has 0 spiro atoms. The number of hydrogen-bond donors (Lipinski definition) is 0. The zero-order valence-electron chi connectivity index (χ0n) is 9.13. The number of halogens is 2. The van der Waals surface area contributed by atoms with Crippen LogP contribution in [0, 0.1) is 0 Å². The van der Waals surface area contributed by atoms with Gasteiger partial charge in [-0.05, 0) is 38.2 Å². The van der Waals surface area contributed by atoms with Crippen LogP contribution < -0.4 is 4.90 Å². The number of anilines is 1. The molecule has 5 heteroatoms. The molecule has 0 saturated carbocycles. The maximum absolute atomic E-state index is 6.17. The summed E-state index contributed by atoms with van der Waals surface area (Å²) in [5, 5.41) is 3.46. The first kappa shape index (κ1) is 13.5. The van der Waals surface area contributed by atoms with Gasteiger partial charge in [-0.15, -0.1) is 0 Å². The lowest BCUT2D eigenvalue weighted by Gasteiger charge is -2.23. The molecule has 0 aliphatic carbocycles. The summed E-state index contributed by atoms with van der Waals surface area (Å²) in [5.74, 6) is 0. The molecule has 0 heterocycles. The standard InChI is InChI=1S/C11H12Cl2N2S/c1-3-15(4-2)11-9(12)5-8(14-7-16)6-10(11)13/h5-6H,3-4H2,1-2H3. The molecule has 0 atom stereocenters. The van der Waals surface area contributed by atoms with Crippen molar-refractivity contribution in [2.45, 2.75) is 13.8 Å². The third-order valence-electron chi connectivity index (χ3n) is 2.26. The second kappa shape index (κ2) is 6.21. The van der Waals surface area contributed by atoms with Crippen molar-refractivity contribution in [3.05, 3.63) is 22.2 Å². The molecule has 0 bridgehead atoms. The van der Waals surface area contributed by atoms with Crippen molar-refractivity contribution in [2.24, 2.45) is 4.99 Å². The minimum atomic E-state index is 0.584. The molecule has 0 aliphatic heterocycles. The van der Waals surface area contributed by atoms with Crippen LogP contribution in [0.1, 0.15) is 13.8 Å². The lowest BCUT2D eigenvalue weighted by Crippen LogP contribution is -2.22. The van der Waals surface area contributed by atoms with Crippen molar-refractivity contribution in [1.82, 2.24) is 0 Å². The topological polar surface area (TPSA) is 15.6 Å². The zero-order chi connectivity index (χ0) is 12.1. The maximum atomic E-state index is 6.17. The van der Waals surface area contributed by atoms with E-state index in [1.807, 2.05) is 0 Å². The lowest BCUT2D eigenvalue weighted by atomic mass is 10.2. The summed E-state index contributed by atoms with van der Waals surface area (Å²) in [7, 11) is 0. The molecule has 0 unspecified atom stereocenters. The van der Waals surface area contributed by atoms with Gasteiger partial charge < -0.3 is 4.90 Å². The van der Waals surface area contributed by atoms with Crippen molar-refractivity contribution in [2.75, 3.05) is 18.0 Å². The average molecular weight is 275 g/mol. The molecule has 0 aliphatic rings. The van der Waals surface area contributed by atoms with Crippen molar-refractivity contribution in [3.63, 3.8) is 0 Å². The Hall–Kier alpha value is -0.600. The minimum absolute atomic E-state index is 0.584. The van der Waals surface area contributed by atoms with Crippen molar-refractivity contribution >= 4 is 52.0 Å². The Morgan fingerprint density at radius 1 is 1.25 bits per heavy atom. The molecule has 0 fully saturated rings. The van der Waals surface area contributed by atoms with E-state index in [0.717, 1.165) is 18.8 Å². The Labute approximate surface area is 111 Å². The number of hydrogen-bond acceptors (Lipinski definition) is 3. The number of thiocarbonyl (C=S) groups is 1. The highest BCUT2D eigenvalue weighted by molar-refractivity contribution is 7.78. The van der Waals surface area contributed by atoms with E-state index in [1.165, 1.54) is 0 Å². The molecule has 2 nitrogen and oxygen atoms in total. The van der Waals surface area contributed by atoms with E-state index < -0.39 is 0 Å². The van der Waals surface area contributed by atoms with Crippen LogP contribution in [0.15, 0.2) is 17.1 Å². The fraction of sp³-hybridized carbons (Fsp3) is 0.364. The van der Waals surface area contributed by atoms with Gasteiger partial charge in [-0.1, -0.05) is 23.2 Å². The van der Waals surface area contributed by atoms with Crippen molar-refractivity contribution < 1.29 is 0 Å². The third-order valence-corrected chi connectivity index (χ3v) is 2.92. The quantitative estimate of drug-likeness (QED) is 0.590. The molecular formula is C11H12Cl2N2S. The molecule has 0 N–H and O–H groups in total. The van der Waals surface area contributed by atoms with E-state index in [-0.39, 0.29) is 0 Å². The van der Waals surface area contributed by atoms with Crippen LogP contribution in [0.4, 0.5) is 11.4 Å². The summed E-state index contributed by atoms with van der Waals surface area (Å²) >= 11 is 16.9. The Morgan fingerprint density at radius 3 is 2.12 bits per heavy atom. The van der Waals surface area contributed by atoms with Crippen LogP contribution in [0.3, 0.4) is 0 Å². The molecule has 86 valence electrons. The predicted octanol–water partition coefficient (Wildman–Crippen LogP) is 4.57. The summed E-state index contributed by atoms with van der Waals surface area (Å²) in [6.45, 7) is 5.82. The molecule has 0 amide bonds. The van der Waals surface area contributed by atoms with Gasteiger partial charge in [-0.25, -0.2) is 0 Å². The van der Waals surface area contributed by atoms with Gasteiger partial charge in [0, 0.05) is 13.1 Å². The SMILES string of the molecule is CCN(CC)c1c(Cl)cc(N=C=S)cc1Cl. The average Bonchev–Trinajstić information content (AvgIpc) is 2.23. The van der Waals surface area contributed by atoms with Crippen LogP contribution >= 0.6 is 35.4 Å². The Kier molecular flexibility index (Phi) is 5.23. The van der Waals surface area contributed by atoms with E-state index in [4.69, 9.17) is 23.2 Å². The van der Waals surface area contributed by atoms with Crippen LogP contribution in [0.2, 0.25) is 10.0 Å². The second-order valence-corrected chi connectivity index (χ2v) is 4.13. The first-order valence-corrected chi connectivity index (χ1v) is 6.12. The molecule has 16 heavy (non-hydrogen) atoms. The van der Waals surface area contributed by atoms with E-state index in [9.17, 15) is 0 Å². The van der Waals surface area contributed by atoms with Gasteiger partial charge in [0.1, 0.15) is 0 Å². The summed E-state index contributed by atoms with van der Waals surface area (Å²) < 4.78 is 0. The van der Waals surface area contributed by atoms with Crippen LogP contribution in [0.25, 0.3) is 0 Å². The van der Waals surface area contributed by atoms with Crippen LogP contribution in [-0.2, 0) is 0 Å². The molecule has 1 aromatic rings.